The summed E-state index contributed by atoms with van der Waals surface area (Å²) >= 11 is 0. The van der Waals surface area contributed by atoms with Crippen LogP contribution in [0.25, 0.3) is 22.1 Å². The third kappa shape index (κ3) is 6.51. The van der Waals surface area contributed by atoms with Gasteiger partial charge in [-0.1, -0.05) is 12.2 Å². The van der Waals surface area contributed by atoms with Gasteiger partial charge in [0.1, 0.15) is 22.5 Å². The van der Waals surface area contributed by atoms with Crippen molar-refractivity contribution in [3.63, 3.8) is 0 Å². The molecule has 0 aliphatic rings. The summed E-state index contributed by atoms with van der Waals surface area (Å²) in [6.07, 6.45) is 10.1. The van der Waals surface area contributed by atoms with E-state index in [-0.39, 0.29) is 47.8 Å². The summed E-state index contributed by atoms with van der Waals surface area (Å²) in [5.74, 6) is -0.962. The predicted molar refractivity (Wildman–Crippen MR) is 190 cm³/mol. The number of primary amides is 2. The zero-order valence-electron chi connectivity index (χ0n) is 28.8. The van der Waals surface area contributed by atoms with Crippen LogP contribution in [0.15, 0.2) is 61.2 Å². The number of allylic oxidation sites excluding steroid dienone is 2. The van der Waals surface area contributed by atoms with Crippen LogP contribution in [-0.2, 0) is 26.2 Å². The predicted octanol–water partition coefficient (Wildman–Crippen LogP) is 2.79. The topological polar surface area (TPSA) is 234 Å². The number of amides is 4. The molecule has 0 saturated carbocycles. The Labute approximate surface area is 296 Å². The van der Waals surface area contributed by atoms with Gasteiger partial charge < -0.3 is 39.2 Å². The highest BCUT2D eigenvalue weighted by Gasteiger charge is 2.23. The average Bonchev–Trinajstić information content (AvgIpc) is 3.94. The van der Waals surface area contributed by atoms with E-state index in [1.165, 1.54) is 50.9 Å². The summed E-state index contributed by atoms with van der Waals surface area (Å²) in [6.45, 7) is 5.18. The van der Waals surface area contributed by atoms with Crippen molar-refractivity contribution in [2.24, 2.45) is 11.5 Å². The number of hydrogen-bond acceptors (Lipinski definition) is 10. The van der Waals surface area contributed by atoms with Gasteiger partial charge in [-0.15, -0.1) is 0 Å². The molecule has 6 aromatic rings. The number of nitrogens with zero attached hydrogens (tertiary/aromatic N) is 8. The van der Waals surface area contributed by atoms with Crippen LogP contribution in [-0.4, -0.2) is 76.1 Å². The molecule has 0 unspecified atom stereocenters. The number of rotatable bonds is 14. The van der Waals surface area contributed by atoms with Gasteiger partial charge in [-0.2, -0.15) is 0 Å². The smallest absolute Gasteiger partial charge is 0.293 e. The molecule has 6 N–H and O–H groups in total. The number of benzene rings is 2. The van der Waals surface area contributed by atoms with Gasteiger partial charge in [-0.05, 0) is 38.1 Å². The first kappa shape index (κ1) is 34.9. The molecule has 4 heterocycles. The number of aryl methyl sites for hydroxylation is 2. The van der Waals surface area contributed by atoms with Crippen molar-refractivity contribution in [2.45, 2.75) is 40.0 Å². The second-order valence-electron chi connectivity index (χ2n) is 11.4. The molecule has 18 nitrogen and oxygen atoms in total. The summed E-state index contributed by atoms with van der Waals surface area (Å²) < 4.78 is 18.1. The first-order valence-electron chi connectivity index (χ1n) is 16.1. The summed E-state index contributed by atoms with van der Waals surface area (Å²) in [4.78, 5) is 68.5. The largest absolute Gasteiger partial charge is 0.494 e. The van der Waals surface area contributed by atoms with Gasteiger partial charge in [0.25, 0.3) is 11.8 Å². The van der Waals surface area contributed by atoms with E-state index in [0.29, 0.717) is 46.7 Å². The molecule has 0 bridgehead atoms. The Kier molecular flexibility index (Phi) is 9.71. The van der Waals surface area contributed by atoms with Gasteiger partial charge in [0.15, 0.2) is 11.6 Å². The standard InChI is InChI=1S/C34H36N12O6/c1-5-43-13-9-37-29(43)31(49)41-33-39-21-15-19(27(35)47)17-23(51-3)25(21)45(33)11-7-8-12-46-26-22(16-20(28(36)48)18-24(26)52-4)40-34(46)42-32(50)30-38-10-14-44(30)6-2/h7-10,13-18H,5-6,11-12H2,1-4H3,(H2,35,47)(H2,36,48)(H,39,41,49)(H,40,42,50)/b8-7+. The van der Waals surface area contributed by atoms with E-state index in [0.717, 1.165) is 0 Å². The quantitative estimate of drug-likeness (QED) is 0.121. The van der Waals surface area contributed by atoms with Crippen LogP contribution in [0, 0.1) is 0 Å². The van der Waals surface area contributed by atoms with E-state index < -0.39 is 23.6 Å². The van der Waals surface area contributed by atoms with E-state index >= 15 is 0 Å². The summed E-state index contributed by atoms with van der Waals surface area (Å²) in [5, 5.41) is 5.68. The minimum atomic E-state index is -0.669. The molecule has 4 aromatic heterocycles. The zero-order chi connectivity index (χ0) is 37.1. The Bertz CT molecular complexity index is 2220. The number of nitrogens with two attached hydrogens (primary N) is 2. The second kappa shape index (κ2) is 14.5. The van der Waals surface area contributed by atoms with Crippen LogP contribution in [0.3, 0.4) is 0 Å². The molecule has 18 heteroatoms. The maximum absolute atomic E-state index is 13.3. The lowest BCUT2D eigenvalue weighted by atomic mass is 10.1. The van der Waals surface area contributed by atoms with E-state index in [4.69, 9.17) is 20.9 Å². The normalized spacial score (nSPS) is 11.4. The Morgan fingerprint density at radius 3 is 1.44 bits per heavy atom. The molecule has 0 aliphatic carbocycles. The maximum Gasteiger partial charge on any atom is 0.293 e. The van der Waals surface area contributed by atoms with Crippen molar-refractivity contribution in [3.05, 3.63) is 84.0 Å². The maximum atomic E-state index is 13.3. The number of anilines is 2. The van der Waals surface area contributed by atoms with Crippen LogP contribution in [0.1, 0.15) is 55.8 Å². The van der Waals surface area contributed by atoms with Crippen LogP contribution in [0.4, 0.5) is 11.9 Å². The third-order valence-corrected chi connectivity index (χ3v) is 8.33. The van der Waals surface area contributed by atoms with Gasteiger partial charge in [0.05, 0.1) is 25.3 Å². The van der Waals surface area contributed by atoms with Crippen molar-refractivity contribution < 1.29 is 28.7 Å². The van der Waals surface area contributed by atoms with Crippen LogP contribution in [0.2, 0.25) is 0 Å². The molecule has 0 saturated heterocycles. The van der Waals surface area contributed by atoms with Gasteiger partial charge in [-0.25, -0.2) is 19.9 Å². The molecule has 52 heavy (non-hydrogen) atoms. The molecule has 6 rings (SSSR count). The van der Waals surface area contributed by atoms with Crippen molar-refractivity contribution >= 4 is 57.6 Å². The van der Waals surface area contributed by atoms with Crippen LogP contribution >= 0.6 is 0 Å². The molecule has 0 spiro atoms. The highest BCUT2D eigenvalue weighted by molar-refractivity contribution is 6.04. The van der Waals surface area contributed by atoms with Gasteiger partial charge in [0.2, 0.25) is 23.7 Å². The van der Waals surface area contributed by atoms with Gasteiger partial charge in [-0.3, -0.25) is 29.8 Å². The fourth-order valence-electron chi connectivity index (χ4n) is 5.82. The van der Waals surface area contributed by atoms with E-state index in [2.05, 4.69) is 30.6 Å². The van der Waals surface area contributed by atoms with Crippen molar-refractivity contribution in [2.75, 3.05) is 24.9 Å². The van der Waals surface area contributed by atoms with Crippen LogP contribution in [0.5, 0.6) is 11.5 Å². The first-order valence-corrected chi connectivity index (χ1v) is 16.1. The fraction of sp³-hybridized carbons (Fsp3) is 0.235. The van der Waals surface area contributed by atoms with Gasteiger partial charge in [0, 0.05) is 62.1 Å². The molecular weight excluding hydrogens is 672 g/mol. The minimum Gasteiger partial charge on any atom is -0.494 e. The molecule has 268 valence electrons. The Morgan fingerprint density at radius 2 is 1.10 bits per heavy atom. The van der Waals surface area contributed by atoms with Crippen molar-refractivity contribution in [3.8, 4) is 11.5 Å². The average molecular weight is 709 g/mol. The number of fused-ring (bicyclic) bond motifs is 2. The lowest BCUT2D eigenvalue weighted by Gasteiger charge is -2.12. The van der Waals surface area contributed by atoms with Gasteiger partial charge >= 0.3 is 0 Å². The summed E-state index contributed by atoms with van der Waals surface area (Å²) in [6, 6.07) is 6.05. The monoisotopic (exact) mass is 708 g/mol. The number of carbonyl (C=O) groups is 4. The van der Waals surface area contributed by atoms with E-state index in [1.807, 2.05) is 26.0 Å². The first-order chi connectivity index (χ1) is 25.1. The van der Waals surface area contributed by atoms with Crippen molar-refractivity contribution in [1.82, 2.24) is 38.2 Å². The lowest BCUT2D eigenvalue weighted by Crippen LogP contribution is -2.20. The van der Waals surface area contributed by atoms with Crippen LogP contribution < -0.4 is 31.6 Å². The SMILES string of the molecule is CCn1ccnc1C(=O)Nc1nc2cc(C(N)=O)cc(OC)c2n1C/C=C/Cn1c(NC(=O)c2nccn2CC)nc2cc(C(N)=O)cc(OC)c21. The molecule has 0 radical (unpaired) electrons. The molecule has 0 atom stereocenters. The number of aromatic nitrogens is 8. The molecule has 4 amide bonds. The molecule has 0 aliphatic heterocycles. The van der Waals surface area contributed by atoms with Crippen molar-refractivity contribution in [1.29, 1.82) is 0 Å². The van der Waals surface area contributed by atoms with E-state index in [1.54, 1.807) is 30.7 Å². The summed E-state index contributed by atoms with van der Waals surface area (Å²) in [7, 11) is 2.90. The lowest BCUT2D eigenvalue weighted by molar-refractivity contribution is 0.0991. The Morgan fingerprint density at radius 1 is 0.692 bits per heavy atom. The Balaban J connectivity index is 1.39. The second-order valence-corrected chi connectivity index (χ2v) is 11.4. The summed E-state index contributed by atoms with van der Waals surface area (Å²) in [5.41, 5.74) is 13.2. The number of ether oxygens (including phenoxy) is 2. The number of carbonyl (C=O) groups excluding carboxylic acids is 4. The molecule has 0 fully saturated rings. The highest BCUT2D eigenvalue weighted by atomic mass is 16.5. The number of nitrogens with one attached hydrogen (secondary N) is 2. The third-order valence-electron chi connectivity index (χ3n) is 8.33. The fourth-order valence-corrected chi connectivity index (χ4v) is 5.82. The molecule has 2 aromatic carbocycles. The number of hydrogen-bond donors (Lipinski definition) is 4. The van der Waals surface area contributed by atoms with E-state index in [9.17, 15) is 19.2 Å². The number of methoxy groups -OCH3 is 2. The number of imidazole rings is 4. The minimum absolute atomic E-state index is 0.170. The highest BCUT2D eigenvalue weighted by Crippen LogP contribution is 2.32. The Hall–Kier alpha value is -6.98. The molecular formula is C34H36N12O6. The zero-order valence-corrected chi connectivity index (χ0v) is 28.8.